The second kappa shape index (κ2) is 5.54. The van der Waals surface area contributed by atoms with Crippen LogP contribution in [-0.4, -0.2) is 29.1 Å². The molecule has 1 aliphatic heterocycles. The Morgan fingerprint density at radius 2 is 1.67 bits per heavy atom. The predicted octanol–water partition coefficient (Wildman–Crippen LogP) is 2.62. The van der Waals surface area contributed by atoms with E-state index >= 15 is 0 Å². The molecule has 1 heterocycles. The minimum atomic E-state index is -1.09. The number of amides is 1. The third-order valence-corrected chi connectivity index (χ3v) is 3.88. The molecule has 0 bridgehead atoms. The average Bonchev–Trinajstić information content (AvgIpc) is 2.53. The first kappa shape index (κ1) is 13.6. The van der Waals surface area contributed by atoms with Gasteiger partial charge in [0.15, 0.2) is 0 Å². The van der Waals surface area contributed by atoms with Crippen LogP contribution in [0.4, 0.5) is 0 Å². The first-order valence-electron chi connectivity index (χ1n) is 6.95. The van der Waals surface area contributed by atoms with E-state index in [4.69, 9.17) is 0 Å². The molecule has 2 aromatic rings. The van der Waals surface area contributed by atoms with Crippen molar-refractivity contribution in [3.05, 3.63) is 77.5 Å². The lowest BCUT2D eigenvalue weighted by atomic mass is 9.83. The summed E-state index contributed by atoms with van der Waals surface area (Å²) in [4.78, 5) is 13.8. The van der Waals surface area contributed by atoms with Crippen LogP contribution >= 0.6 is 0 Å². The summed E-state index contributed by atoms with van der Waals surface area (Å²) in [5, 5.41) is 10.6. The maximum absolute atomic E-state index is 12.3. The Morgan fingerprint density at radius 3 is 2.43 bits per heavy atom. The lowest BCUT2D eigenvalue weighted by molar-refractivity contribution is -0.137. The van der Waals surface area contributed by atoms with Crippen LogP contribution in [0, 0.1) is 0 Å². The van der Waals surface area contributed by atoms with Crippen LogP contribution in [-0.2, 0) is 4.79 Å². The molecule has 1 amide bonds. The molecule has 1 aliphatic rings. The van der Waals surface area contributed by atoms with E-state index in [9.17, 15) is 9.90 Å². The lowest BCUT2D eigenvalue weighted by Crippen LogP contribution is -2.38. The molecule has 3 heteroatoms. The Labute approximate surface area is 124 Å². The number of carbonyl (C=O) groups is 1. The zero-order valence-corrected chi connectivity index (χ0v) is 11.8. The molecular formula is C18H17NO2. The zero-order chi connectivity index (χ0) is 14.8. The SMILES string of the molecule is CN1/C=C\c2ccccc2[C@@H](c2ccccc2)C(O)C1=O. The minimum Gasteiger partial charge on any atom is -0.382 e. The van der Waals surface area contributed by atoms with Crippen LogP contribution in [0.1, 0.15) is 22.6 Å². The van der Waals surface area contributed by atoms with Crippen LogP contribution in [0.2, 0.25) is 0 Å². The van der Waals surface area contributed by atoms with E-state index in [0.29, 0.717) is 0 Å². The average molecular weight is 279 g/mol. The van der Waals surface area contributed by atoms with E-state index in [-0.39, 0.29) is 11.8 Å². The molecule has 0 fully saturated rings. The molecular weight excluding hydrogens is 262 g/mol. The first-order valence-corrected chi connectivity index (χ1v) is 6.95. The van der Waals surface area contributed by atoms with Crippen molar-refractivity contribution in [3.8, 4) is 0 Å². The summed E-state index contributed by atoms with van der Waals surface area (Å²) in [6, 6.07) is 17.5. The van der Waals surface area contributed by atoms with Gasteiger partial charge in [-0.15, -0.1) is 0 Å². The van der Waals surface area contributed by atoms with Crippen LogP contribution in [0.5, 0.6) is 0 Å². The van der Waals surface area contributed by atoms with Gasteiger partial charge in [-0.2, -0.15) is 0 Å². The fraction of sp³-hybridized carbons (Fsp3) is 0.167. The molecule has 0 spiro atoms. The van der Waals surface area contributed by atoms with Crippen molar-refractivity contribution in [1.82, 2.24) is 4.90 Å². The Morgan fingerprint density at radius 1 is 1.00 bits per heavy atom. The molecule has 106 valence electrons. The highest BCUT2D eigenvalue weighted by Crippen LogP contribution is 2.33. The first-order chi connectivity index (χ1) is 10.2. The number of aliphatic hydroxyl groups is 1. The third kappa shape index (κ3) is 2.48. The number of carbonyl (C=O) groups excluding carboxylic acids is 1. The van der Waals surface area contributed by atoms with Gasteiger partial charge < -0.3 is 10.0 Å². The van der Waals surface area contributed by atoms with Gasteiger partial charge in [0.2, 0.25) is 0 Å². The number of likely N-dealkylation sites (N-methyl/N-ethyl adjacent to an activating group) is 1. The minimum absolute atomic E-state index is 0.297. The van der Waals surface area contributed by atoms with E-state index in [1.54, 1.807) is 13.2 Å². The highest BCUT2D eigenvalue weighted by atomic mass is 16.3. The molecule has 0 saturated carbocycles. The van der Waals surface area contributed by atoms with Gasteiger partial charge in [-0.1, -0.05) is 54.6 Å². The summed E-state index contributed by atoms with van der Waals surface area (Å²) in [6.45, 7) is 0. The summed E-state index contributed by atoms with van der Waals surface area (Å²) in [6.07, 6.45) is 2.52. The van der Waals surface area contributed by atoms with Crippen LogP contribution in [0.25, 0.3) is 6.08 Å². The van der Waals surface area contributed by atoms with Gasteiger partial charge in [-0.05, 0) is 22.8 Å². The van der Waals surface area contributed by atoms with Gasteiger partial charge in [0.05, 0.1) is 0 Å². The van der Waals surface area contributed by atoms with Gasteiger partial charge in [-0.25, -0.2) is 0 Å². The normalized spacial score (nSPS) is 23.1. The standard InChI is InChI=1S/C18H17NO2/c1-19-12-11-13-7-5-6-10-15(13)16(17(20)18(19)21)14-8-3-2-4-9-14/h2-12,16-17,20H,1H3/b12-11-/t16-,17?/m1/s1. The van der Waals surface area contributed by atoms with Gasteiger partial charge in [-0.3, -0.25) is 4.79 Å². The molecule has 1 unspecified atom stereocenters. The van der Waals surface area contributed by atoms with Crippen molar-refractivity contribution < 1.29 is 9.90 Å². The second-order valence-electron chi connectivity index (χ2n) is 5.23. The van der Waals surface area contributed by atoms with Crippen molar-refractivity contribution in [1.29, 1.82) is 0 Å². The van der Waals surface area contributed by atoms with Crippen molar-refractivity contribution in [3.63, 3.8) is 0 Å². The van der Waals surface area contributed by atoms with Gasteiger partial charge in [0, 0.05) is 19.2 Å². The molecule has 1 N–H and O–H groups in total. The summed E-state index contributed by atoms with van der Waals surface area (Å²) < 4.78 is 0. The zero-order valence-electron chi connectivity index (χ0n) is 11.8. The summed E-state index contributed by atoms with van der Waals surface area (Å²) >= 11 is 0. The highest BCUT2D eigenvalue weighted by Gasteiger charge is 2.32. The van der Waals surface area contributed by atoms with Crippen molar-refractivity contribution in [2.75, 3.05) is 7.05 Å². The van der Waals surface area contributed by atoms with E-state index in [1.807, 2.05) is 60.7 Å². The van der Waals surface area contributed by atoms with Crippen molar-refractivity contribution in [2.24, 2.45) is 0 Å². The van der Waals surface area contributed by atoms with E-state index in [1.165, 1.54) is 4.90 Å². The molecule has 21 heavy (non-hydrogen) atoms. The molecule has 0 aromatic heterocycles. The molecule has 3 rings (SSSR count). The number of benzene rings is 2. The summed E-state index contributed by atoms with van der Waals surface area (Å²) in [5.41, 5.74) is 2.92. The summed E-state index contributed by atoms with van der Waals surface area (Å²) in [5.74, 6) is -0.656. The smallest absolute Gasteiger partial charge is 0.256 e. The topological polar surface area (TPSA) is 40.5 Å². The Bertz CT molecular complexity index is 679. The van der Waals surface area contributed by atoms with Gasteiger partial charge >= 0.3 is 0 Å². The Kier molecular flexibility index (Phi) is 3.59. The monoisotopic (exact) mass is 279 g/mol. The fourth-order valence-corrected chi connectivity index (χ4v) is 2.75. The number of hydrogen-bond acceptors (Lipinski definition) is 2. The van der Waals surface area contributed by atoms with E-state index < -0.39 is 6.10 Å². The van der Waals surface area contributed by atoms with Gasteiger partial charge in [0.1, 0.15) is 6.10 Å². The number of hydrogen-bond donors (Lipinski definition) is 1. The quantitative estimate of drug-likeness (QED) is 0.871. The predicted molar refractivity (Wildman–Crippen MR) is 82.5 cm³/mol. The Balaban J connectivity index is 2.20. The molecule has 2 atom stereocenters. The highest BCUT2D eigenvalue weighted by molar-refractivity contribution is 5.85. The number of aliphatic hydroxyl groups excluding tert-OH is 1. The summed E-state index contributed by atoms with van der Waals surface area (Å²) in [7, 11) is 1.66. The Hall–Kier alpha value is -2.39. The number of nitrogens with zero attached hydrogens (tertiary/aromatic N) is 1. The van der Waals surface area contributed by atoms with E-state index in [2.05, 4.69) is 0 Å². The molecule has 2 aromatic carbocycles. The largest absolute Gasteiger partial charge is 0.382 e. The molecule has 0 aliphatic carbocycles. The van der Waals surface area contributed by atoms with Crippen LogP contribution in [0.3, 0.4) is 0 Å². The van der Waals surface area contributed by atoms with Crippen LogP contribution in [0.15, 0.2) is 60.8 Å². The molecule has 0 saturated heterocycles. The molecule has 3 nitrogen and oxygen atoms in total. The third-order valence-electron chi connectivity index (χ3n) is 3.88. The van der Waals surface area contributed by atoms with Crippen LogP contribution < -0.4 is 0 Å². The molecule has 0 radical (unpaired) electrons. The number of rotatable bonds is 1. The van der Waals surface area contributed by atoms with Crippen molar-refractivity contribution >= 4 is 12.0 Å². The van der Waals surface area contributed by atoms with Crippen molar-refractivity contribution in [2.45, 2.75) is 12.0 Å². The maximum atomic E-state index is 12.3. The lowest BCUT2D eigenvalue weighted by Gasteiger charge is -2.29. The second-order valence-corrected chi connectivity index (χ2v) is 5.23. The fourth-order valence-electron chi connectivity index (χ4n) is 2.75. The maximum Gasteiger partial charge on any atom is 0.256 e. The van der Waals surface area contributed by atoms with Gasteiger partial charge in [0.25, 0.3) is 5.91 Å². The number of fused-ring (bicyclic) bond motifs is 1. The van der Waals surface area contributed by atoms with E-state index in [0.717, 1.165) is 16.7 Å².